The van der Waals surface area contributed by atoms with Crippen molar-refractivity contribution in [2.75, 3.05) is 6.54 Å². The molecule has 2 N–H and O–H groups in total. The molecule has 0 saturated heterocycles. The fraction of sp³-hybridized carbons (Fsp3) is 0.235. The van der Waals surface area contributed by atoms with E-state index >= 15 is 0 Å². The monoisotopic (exact) mass is 250 g/mol. The fourth-order valence-corrected chi connectivity index (χ4v) is 2.72. The Hall–Kier alpha value is -1.93. The van der Waals surface area contributed by atoms with Crippen LogP contribution in [-0.2, 0) is 6.42 Å². The lowest BCUT2D eigenvalue weighted by Gasteiger charge is -2.18. The molecule has 0 radical (unpaired) electrons. The molecule has 2 aromatic rings. The summed E-state index contributed by atoms with van der Waals surface area (Å²) in [5.41, 5.74) is 13.4. The topological polar surface area (TPSA) is 38.9 Å². The van der Waals surface area contributed by atoms with Crippen molar-refractivity contribution in [2.45, 2.75) is 19.8 Å². The van der Waals surface area contributed by atoms with Crippen LogP contribution in [0.5, 0.6) is 0 Å². The average Bonchev–Trinajstić information content (AvgIpc) is 2.46. The zero-order valence-corrected chi connectivity index (χ0v) is 11.2. The number of fused-ring (bicyclic) bond motifs is 1. The molecular formula is C17H18N2. The summed E-state index contributed by atoms with van der Waals surface area (Å²) in [6.45, 7) is 2.65. The Labute approximate surface area is 114 Å². The highest BCUT2D eigenvalue weighted by Crippen LogP contribution is 2.30. The van der Waals surface area contributed by atoms with Gasteiger partial charge in [0.15, 0.2) is 0 Å². The third kappa shape index (κ3) is 2.32. The third-order valence-corrected chi connectivity index (χ3v) is 3.71. The van der Waals surface area contributed by atoms with Gasteiger partial charge < -0.3 is 5.73 Å². The molecule has 1 aromatic carbocycles. The van der Waals surface area contributed by atoms with E-state index in [4.69, 9.17) is 5.73 Å². The highest BCUT2D eigenvalue weighted by Gasteiger charge is 2.12. The van der Waals surface area contributed by atoms with E-state index in [0.29, 0.717) is 6.54 Å². The predicted octanol–water partition coefficient (Wildman–Crippen LogP) is 3.35. The number of hydrogen-bond donors (Lipinski definition) is 1. The summed E-state index contributed by atoms with van der Waals surface area (Å²) in [5.74, 6) is 0. The van der Waals surface area contributed by atoms with Crippen molar-refractivity contribution in [1.82, 2.24) is 4.98 Å². The Balaban J connectivity index is 2.05. The largest absolute Gasteiger partial charge is 0.326 e. The van der Waals surface area contributed by atoms with E-state index in [1.807, 2.05) is 13.1 Å². The second-order valence-electron chi connectivity index (χ2n) is 5.03. The first kappa shape index (κ1) is 12.1. The first-order chi connectivity index (χ1) is 9.28. The standard InChI is InChI=1S/C17H18N2/c1-12-9-14(7-8-19-12)13-5-6-17-15(10-13)3-2-4-16(17)11-18/h4-10H,2-3,11,18H2,1H3. The molecule has 1 aromatic heterocycles. The average molecular weight is 250 g/mol. The summed E-state index contributed by atoms with van der Waals surface area (Å²) in [4.78, 5) is 4.25. The Bertz CT molecular complexity index is 641. The van der Waals surface area contributed by atoms with E-state index in [1.54, 1.807) is 0 Å². The molecule has 0 fully saturated rings. The van der Waals surface area contributed by atoms with E-state index in [-0.39, 0.29) is 0 Å². The third-order valence-electron chi connectivity index (χ3n) is 3.71. The molecule has 0 spiro atoms. The van der Waals surface area contributed by atoms with Crippen LogP contribution < -0.4 is 5.73 Å². The van der Waals surface area contributed by atoms with E-state index < -0.39 is 0 Å². The van der Waals surface area contributed by atoms with Gasteiger partial charge in [0.1, 0.15) is 0 Å². The summed E-state index contributed by atoms with van der Waals surface area (Å²) < 4.78 is 0. The molecule has 1 aliphatic carbocycles. The molecule has 0 unspecified atom stereocenters. The Morgan fingerprint density at radius 2 is 2.00 bits per heavy atom. The van der Waals surface area contributed by atoms with E-state index in [0.717, 1.165) is 18.5 Å². The van der Waals surface area contributed by atoms with Gasteiger partial charge in [-0.2, -0.15) is 0 Å². The normalized spacial score (nSPS) is 13.9. The summed E-state index contributed by atoms with van der Waals surface area (Å²) >= 11 is 0. The van der Waals surface area contributed by atoms with Crippen LogP contribution in [0.15, 0.2) is 42.6 Å². The Morgan fingerprint density at radius 1 is 1.16 bits per heavy atom. The SMILES string of the molecule is Cc1cc(-c2ccc3c(c2)CCC=C3CN)ccn1. The molecule has 19 heavy (non-hydrogen) atoms. The van der Waals surface area contributed by atoms with Crippen molar-refractivity contribution in [1.29, 1.82) is 0 Å². The molecule has 0 amide bonds. The maximum absolute atomic E-state index is 5.81. The van der Waals surface area contributed by atoms with Gasteiger partial charge in [-0.1, -0.05) is 24.3 Å². The predicted molar refractivity (Wildman–Crippen MR) is 79.8 cm³/mol. The van der Waals surface area contributed by atoms with Crippen LogP contribution >= 0.6 is 0 Å². The van der Waals surface area contributed by atoms with Gasteiger partial charge in [-0.15, -0.1) is 0 Å². The summed E-state index contributed by atoms with van der Waals surface area (Å²) in [6.07, 6.45) is 6.34. The van der Waals surface area contributed by atoms with Crippen LogP contribution in [0.3, 0.4) is 0 Å². The number of allylic oxidation sites excluding steroid dienone is 1. The number of nitrogens with zero attached hydrogens (tertiary/aromatic N) is 1. The van der Waals surface area contributed by atoms with E-state index in [9.17, 15) is 0 Å². The maximum Gasteiger partial charge on any atom is 0.0378 e. The zero-order valence-electron chi connectivity index (χ0n) is 11.2. The van der Waals surface area contributed by atoms with Crippen LogP contribution in [0.4, 0.5) is 0 Å². The van der Waals surface area contributed by atoms with Gasteiger partial charge >= 0.3 is 0 Å². The van der Waals surface area contributed by atoms with Crippen LogP contribution in [0, 0.1) is 6.92 Å². The van der Waals surface area contributed by atoms with Gasteiger partial charge in [0.05, 0.1) is 0 Å². The first-order valence-electron chi connectivity index (χ1n) is 6.73. The van der Waals surface area contributed by atoms with E-state index in [2.05, 4.69) is 41.4 Å². The molecule has 0 saturated carbocycles. The molecule has 2 nitrogen and oxygen atoms in total. The molecule has 1 aliphatic rings. The molecule has 1 heterocycles. The smallest absolute Gasteiger partial charge is 0.0378 e. The number of rotatable bonds is 2. The van der Waals surface area contributed by atoms with Crippen molar-refractivity contribution in [2.24, 2.45) is 5.73 Å². The summed E-state index contributed by atoms with van der Waals surface area (Å²) in [5, 5.41) is 0. The number of nitrogens with two attached hydrogens (primary N) is 1. The van der Waals surface area contributed by atoms with Crippen LogP contribution in [-0.4, -0.2) is 11.5 Å². The highest BCUT2D eigenvalue weighted by atomic mass is 14.6. The van der Waals surface area contributed by atoms with Gasteiger partial charge in [0.2, 0.25) is 0 Å². The Kier molecular flexibility index (Phi) is 3.18. The molecule has 96 valence electrons. The van der Waals surface area contributed by atoms with Crippen molar-refractivity contribution >= 4 is 5.57 Å². The van der Waals surface area contributed by atoms with Crippen molar-refractivity contribution in [3.05, 3.63) is 59.4 Å². The summed E-state index contributed by atoms with van der Waals surface area (Å²) in [6, 6.07) is 10.9. The summed E-state index contributed by atoms with van der Waals surface area (Å²) in [7, 11) is 0. The fourth-order valence-electron chi connectivity index (χ4n) is 2.72. The molecule has 3 rings (SSSR count). The minimum Gasteiger partial charge on any atom is -0.326 e. The molecule has 0 bridgehead atoms. The highest BCUT2D eigenvalue weighted by molar-refractivity contribution is 5.75. The molecular weight excluding hydrogens is 232 g/mol. The number of aryl methyl sites for hydroxylation is 2. The minimum absolute atomic E-state index is 0.626. The molecule has 2 heteroatoms. The van der Waals surface area contributed by atoms with Gasteiger partial charge in [-0.3, -0.25) is 4.98 Å². The number of hydrogen-bond acceptors (Lipinski definition) is 2. The zero-order chi connectivity index (χ0) is 13.2. The quantitative estimate of drug-likeness (QED) is 0.887. The van der Waals surface area contributed by atoms with Crippen LogP contribution in [0.1, 0.15) is 23.2 Å². The lowest BCUT2D eigenvalue weighted by molar-refractivity contribution is 0.967. The maximum atomic E-state index is 5.81. The number of aromatic nitrogens is 1. The number of benzene rings is 1. The Morgan fingerprint density at radius 3 is 2.79 bits per heavy atom. The second-order valence-corrected chi connectivity index (χ2v) is 5.03. The second kappa shape index (κ2) is 4.98. The minimum atomic E-state index is 0.626. The van der Waals surface area contributed by atoms with Gasteiger partial charge in [-0.05, 0) is 59.7 Å². The number of pyridine rings is 1. The van der Waals surface area contributed by atoms with Crippen molar-refractivity contribution in [3.63, 3.8) is 0 Å². The van der Waals surface area contributed by atoms with E-state index in [1.165, 1.54) is 27.8 Å². The van der Waals surface area contributed by atoms with Crippen molar-refractivity contribution in [3.8, 4) is 11.1 Å². The lowest BCUT2D eigenvalue weighted by atomic mass is 9.88. The first-order valence-corrected chi connectivity index (χ1v) is 6.73. The van der Waals surface area contributed by atoms with Crippen molar-refractivity contribution < 1.29 is 0 Å². The van der Waals surface area contributed by atoms with Gasteiger partial charge in [-0.25, -0.2) is 0 Å². The molecule has 0 aliphatic heterocycles. The van der Waals surface area contributed by atoms with Gasteiger partial charge in [0.25, 0.3) is 0 Å². The van der Waals surface area contributed by atoms with Gasteiger partial charge in [0, 0.05) is 18.4 Å². The van der Waals surface area contributed by atoms with Crippen LogP contribution in [0.2, 0.25) is 0 Å². The molecule has 0 atom stereocenters. The lowest BCUT2D eigenvalue weighted by Crippen LogP contribution is -2.08. The van der Waals surface area contributed by atoms with Crippen LogP contribution in [0.25, 0.3) is 16.7 Å².